The van der Waals surface area contributed by atoms with Crippen molar-refractivity contribution in [2.24, 2.45) is 17.6 Å². The second kappa shape index (κ2) is 5.79. The maximum atomic E-state index is 13.4. The lowest BCUT2D eigenvalue weighted by atomic mass is 9.98. The molecule has 0 amide bonds. The molecule has 0 heterocycles. The summed E-state index contributed by atoms with van der Waals surface area (Å²) < 4.78 is 40.8. The zero-order valence-electron chi connectivity index (χ0n) is 11.8. The van der Waals surface area contributed by atoms with Gasteiger partial charge in [-0.3, -0.25) is 0 Å². The number of sulfonamides is 1. The maximum Gasteiger partial charge on any atom is 0.240 e. The molecule has 0 radical (unpaired) electrons. The van der Waals surface area contributed by atoms with Gasteiger partial charge in [-0.1, -0.05) is 13.8 Å². The van der Waals surface area contributed by atoms with Crippen molar-refractivity contribution in [2.75, 3.05) is 0 Å². The summed E-state index contributed by atoms with van der Waals surface area (Å²) in [4.78, 5) is 0.0751. The lowest BCUT2D eigenvalue weighted by molar-refractivity contribution is 0.402. The molecule has 0 saturated heterocycles. The highest BCUT2D eigenvalue weighted by Crippen LogP contribution is 2.32. The lowest BCUT2D eigenvalue weighted by Gasteiger charge is -2.19. The first kappa shape index (κ1) is 15.4. The van der Waals surface area contributed by atoms with Crippen LogP contribution in [-0.2, 0) is 16.6 Å². The minimum absolute atomic E-state index is 0.0218. The van der Waals surface area contributed by atoms with E-state index in [-0.39, 0.29) is 23.0 Å². The number of hydrogen-bond acceptors (Lipinski definition) is 3. The van der Waals surface area contributed by atoms with E-state index in [1.54, 1.807) is 0 Å². The van der Waals surface area contributed by atoms with Crippen molar-refractivity contribution >= 4 is 10.0 Å². The van der Waals surface area contributed by atoms with Crippen LogP contribution < -0.4 is 10.5 Å². The van der Waals surface area contributed by atoms with Crippen LogP contribution in [0.4, 0.5) is 4.39 Å². The monoisotopic (exact) mass is 300 g/mol. The average molecular weight is 300 g/mol. The van der Waals surface area contributed by atoms with E-state index in [2.05, 4.69) is 18.6 Å². The Balaban J connectivity index is 2.22. The Kier molecular flexibility index (Phi) is 4.46. The van der Waals surface area contributed by atoms with Gasteiger partial charge in [-0.25, -0.2) is 17.5 Å². The van der Waals surface area contributed by atoms with Crippen LogP contribution in [-0.4, -0.2) is 14.5 Å². The fourth-order valence-corrected chi connectivity index (χ4v) is 4.08. The first-order chi connectivity index (χ1) is 9.35. The van der Waals surface area contributed by atoms with Gasteiger partial charge < -0.3 is 5.73 Å². The van der Waals surface area contributed by atoms with Gasteiger partial charge in [0.15, 0.2) is 0 Å². The van der Waals surface area contributed by atoms with Crippen molar-refractivity contribution < 1.29 is 12.8 Å². The van der Waals surface area contributed by atoms with E-state index in [1.807, 2.05) is 0 Å². The van der Waals surface area contributed by atoms with Gasteiger partial charge in [-0.15, -0.1) is 0 Å². The molecular formula is C14H21FN2O2S. The van der Waals surface area contributed by atoms with Crippen LogP contribution in [0, 0.1) is 17.7 Å². The summed E-state index contributed by atoms with van der Waals surface area (Å²) in [7, 11) is -3.62. The summed E-state index contributed by atoms with van der Waals surface area (Å²) in [5.74, 6) is 0.337. The first-order valence-electron chi connectivity index (χ1n) is 6.86. The van der Waals surface area contributed by atoms with Crippen LogP contribution in [0.1, 0.15) is 32.3 Å². The van der Waals surface area contributed by atoms with E-state index in [0.29, 0.717) is 11.8 Å². The number of halogens is 1. The molecule has 4 nitrogen and oxygen atoms in total. The highest BCUT2D eigenvalue weighted by Gasteiger charge is 2.33. The zero-order chi connectivity index (χ0) is 14.9. The van der Waals surface area contributed by atoms with Gasteiger partial charge in [0.25, 0.3) is 0 Å². The van der Waals surface area contributed by atoms with Crippen molar-refractivity contribution in [1.82, 2.24) is 4.72 Å². The number of benzene rings is 1. The van der Waals surface area contributed by atoms with Gasteiger partial charge in [-0.2, -0.15) is 0 Å². The van der Waals surface area contributed by atoms with Gasteiger partial charge in [0.05, 0.1) is 4.90 Å². The van der Waals surface area contributed by atoms with Crippen LogP contribution in [0.3, 0.4) is 0 Å². The summed E-state index contributed by atoms with van der Waals surface area (Å²) in [5, 5.41) is 0. The minimum Gasteiger partial charge on any atom is -0.326 e. The molecule has 3 unspecified atom stereocenters. The van der Waals surface area contributed by atoms with Crippen LogP contribution in [0.25, 0.3) is 0 Å². The topological polar surface area (TPSA) is 72.2 Å². The Morgan fingerprint density at radius 3 is 2.60 bits per heavy atom. The van der Waals surface area contributed by atoms with Gasteiger partial charge in [0, 0.05) is 18.2 Å². The quantitative estimate of drug-likeness (QED) is 0.893. The van der Waals surface area contributed by atoms with Crippen molar-refractivity contribution in [2.45, 2.75) is 44.2 Å². The lowest BCUT2D eigenvalue weighted by Crippen LogP contribution is -2.37. The molecule has 1 aliphatic rings. The molecule has 3 N–H and O–H groups in total. The molecule has 0 aliphatic heterocycles. The molecular weight excluding hydrogens is 279 g/mol. The van der Waals surface area contributed by atoms with Gasteiger partial charge in [0.2, 0.25) is 10.0 Å². The standard InChI is InChI=1S/C14H21FN2O2S/c1-9-3-6-14(10(9)2)17-20(18,19)12-4-5-13(15)11(7-12)8-16/h4-5,7,9-10,14,17H,3,6,8,16H2,1-2H3. The normalized spacial score (nSPS) is 26.9. The first-order valence-corrected chi connectivity index (χ1v) is 8.34. The SMILES string of the molecule is CC1CCC(NS(=O)(=O)c2ccc(F)c(CN)c2)C1C. The Morgan fingerprint density at radius 2 is 2.05 bits per heavy atom. The highest BCUT2D eigenvalue weighted by atomic mass is 32.2. The molecule has 1 aromatic rings. The fourth-order valence-electron chi connectivity index (χ4n) is 2.67. The second-order valence-corrected chi connectivity index (χ2v) is 7.31. The molecule has 112 valence electrons. The van der Waals surface area contributed by atoms with Crippen LogP contribution in [0.15, 0.2) is 23.1 Å². The van der Waals surface area contributed by atoms with E-state index >= 15 is 0 Å². The summed E-state index contributed by atoms with van der Waals surface area (Å²) in [6.07, 6.45) is 1.86. The molecule has 0 bridgehead atoms. The van der Waals surface area contributed by atoms with E-state index in [9.17, 15) is 12.8 Å². The summed E-state index contributed by atoms with van der Waals surface area (Å²) in [6, 6.07) is 3.68. The van der Waals surface area contributed by atoms with Crippen LogP contribution >= 0.6 is 0 Å². The molecule has 6 heteroatoms. The average Bonchev–Trinajstić information content (AvgIpc) is 2.70. The van der Waals surface area contributed by atoms with Gasteiger partial charge in [-0.05, 0) is 42.9 Å². The van der Waals surface area contributed by atoms with Crippen molar-refractivity contribution in [1.29, 1.82) is 0 Å². The largest absolute Gasteiger partial charge is 0.326 e. The molecule has 0 spiro atoms. The Morgan fingerprint density at radius 1 is 1.35 bits per heavy atom. The Bertz CT molecular complexity index is 589. The smallest absolute Gasteiger partial charge is 0.240 e. The number of nitrogens with one attached hydrogen (secondary N) is 1. The molecule has 0 aromatic heterocycles. The molecule has 3 atom stereocenters. The fraction of sp³-hybridized carbons (Fsp3) is 0.571. The van der Waals surface area contributed by atoms with Crippen LogP contribution in [0.5, 0.6) is 0 Å². The zero-order valence-corrected chi connectivity index (χ0v) is 12.6. The van der Waals surface area contributed by atoms with Crippen molar-refractivity contribution in [3.05, 3.63) is 29.6 Å². The van der Waals surface area contributed by atoms with Crippen molar-refractivity contribution in [3.8, 4) is 0 Å². The summed E-state index contributed by atoms with van der Waals surface area (Å²) in [6.45, 7) is 4.16. The van der Waals surface area contributed by atoms with Gasteiger partial charge >= 0.3 is 0 Å². The van der Waals surface area contributed by atoms with E-state index in [4.69, 9.17) is 5.73 Å². The van der Waals surface area contributed by atoms with E-state index in [0.717, 1.165) is 18.9 Å². The number of rotatable bonds is 4. The molecule has 20 heavy (non-hydrogen) atoms. The summed E-state index contributed by atoms with van der Waals surface area (Å²) >= 11 is 0. The Labute approximate surface area is 119 Å². The highest BCUT2D eigenvalue weighted by molar-refractivity contribution is 7.89. The predicted octanol–water partition coefficient (Wildman–Crippen LogP) is 2.00. The molecule has 1 saturated carbocycles. The second-order valence-electron chi connectivity index (χ2n) is 5.60. The summed E-state index contributed by atoms with van der Waals surface area (Å²) in [5.41, 5.74) is 5.62. The third kappa shape index (κ3) is 3.02. The molecule has 1 aromatic carbocycles. The third-order valence-corrected chi connectivity index (χ3v) is 5.81. The van der Waals surface area contributed by atoms with Crippen LogP contribution in [0.2, 0.25) is 0 Å². The third-order valence-electron chi connectivity index (χ3n) is 4.32. The maximum absolute atomic E-state index is 13.4. The number of hydrogen-bond donors (Lipinski definition) is 2. The minimum atomic E-state index is -3.62. The Hall–Kier alpha value is -0.980. The van der Waals surface area contributed by atoms with E-state index < -0.39 is 15.8 Å². The molecule has 1 fully saturated rings. The molecule has 1 aliphatic carbocycles. The number of nitrogens with two attached hydrogens (primary N) is 1. The van der Waals surface area contributed by atoms with E-state index in [1.165, 1.54) is 12.1 Å². The van der Waals surface area contributed by atoms with Gasteiger partial charge in [0.1, 0.15) is 5.82 Å². The predicted molar refractivity (Wildman–Crippen MR) is 76.0 cm³/mol. The van der Waals surface area contributed by atoms with Crippen molar-refractivity contribution in [3.63, 3.8) is 0 Å². The molecule has 2 rings (SSSR count).